The summed E-state index contributed by atoms with van der Waals surface area (Å²) in [6, 6.07) is 11.4. The smallest absolute Gasteiger partial charge is 0.326 e. The molecule has 0 aliphatic carbocycles. The number of aliphatic hydroxyl groups is 1. The standard InChI is InChI=1S/C40H51N9O9.3ClH/c1-23(2)16-31(35(50)20-36(51)45-30(40(55)56)12-5-6-15-41)46-39(54)33(19-27-21-43-22-44-27)48-38(53)32(17-25-10-7-9-24-8-3-4-11-28(24)25)47-37(52)29-18-26(42)13-14-34(29)49(57)58;;;/h3-4,7-11,13-14,18,21-23,30-33,35,50H,5-6,12,15-17,19-20,41-42H2,1-2H3,(H,43,44)(H,45,51)(H,46,54)(H,47,52)(H,48,53)(H,55,56);3*1H/t30-,31-,32-,33-,35-;;;/m0.../s1. The number of nitrogens with two attached hydrogens (primary N) is 2. The van der Waals surface area contributed by atoms with Gasteiger partial charge in [0.2, 0.25) is 17.7 Å². The van der Waals surface area contributed by atoms with Gasteiger partial charge in [-0.05, 0) is 66.6 Å². The first-order chi connectivity index (χ1) is 27.7. The summed E-state index contributed by atoms with van der Waals surface area (Å²) < 4.78 is 0. The van der Waals surface area contributed by atoms with E-state index in [4.69, 9.17) is 11.5 Å². The van der Waals surface area contributed by atoms with Gasteiger partial charge in [-0.1, -0.05) is 56.3 Å². The molecule has 0 saturated heterocycles. The normalized spacial score (nSPS) is 13.1. The predicted molar refractivity (Wildman–Crippen MR) is 237 cm³/mol. The third kappa shape index (κ3) is 16.1. The minimum Gasteiger partial charge on any atom is -0.480 e. The number of aliphatic hydroxyl groups excluding tert-OH is 1. The zero-order valence-electron chi connectivity index (χ0n) is 33.6. The molecule has 11 N–H and O–H groups in total. The highest BCUT2D eigenvalue weighted by atomic mass is 35.5. The van der Waals surface area contributed by atoms with Crippen LogP contribution in [0.2, 0.25) is 0 Å². The average molecular weight is 911 g/mol. The summed E-state index contributed by atoms with van der Waals surface area (Å²) in [4.78, 5) is 84.9. The van der Waals surface area contributed by atoms with Gasteiger partial charge in [0.15, 0.2) is 0 Å². The molecule has 4 aromatic rings. The first-order valence-corrected chi connectivity index (χ1v) is 19.0. The summed E-state index contributed by atoms with van der Waals surface area (Å²) in [6.45, 7) is 4.06. The van der Waals surface area contributed by atoms with Crippen molar-refractivity contribution in [1.82, 2.24) is 31.2 Å². The number of hydrogen-bond donors (Lipinski definition) is 9. The second-order valence-corrected chi connectivity index (χ2v) is 14.5. The summed E-state index contributed by atoms with van der Waals surface area (Å²) >= 11 is 0. The quantitative estimate of drug-likeness (QED) is 0.0237. The average Bonchev–Trinajstić information content (AvgIpc) is 3.69. The summed E-state index contributed by atoms with van der Waals surface area (Å²) in [5.41, 5.74) is 11.6. The van der Waals surface area contributed by atoms with Crippen LogP contribution < -0.4 is 32.7 Å². The van der Waals surface area contributed by atoms with E-state index in [-0.39, 0.29) is 80.1 Å². The molecule has 1 aromatic heterocycles. The molecular weight excluding hydrogens is 857 g/mol. The van der Waals surface area contributed by atoms with Crippen LogP contribution in [0.1, 0.15) is 67.6 Å². The number of fused-ring (bicyclic) bond motifs is 1. The van der Waals surface area contributed by atoms with Crippen LogP contribution in [-0.4, -0.2) is 91.5 Å². The number of nitrogens with one attached hydrogen (secondary N) is 5. The van der Waals surface area contributed by atoms with Crippen molar-refractivity contribution >= 4 is 89.0 Å². The van der Waals surface area contributed by atoms with Gasteiger partial charge in [0.25, 0.3) is 11.6 Å². The number of nitro benzene ring substituents is 1. The number of aromatic nitrogens is 2. The number of carbonyl (C=O) groups excluding carboxylic acids is 4. The lowest BCUT2D eigenvalue weighted by Gasteiger charge is -2.29. The molecule has 0 aliphatic heterocycles. The maximum absolute atomic E-state index is 14.3. The molecule has 3 aromatic carbocycles. The topological polar surface area (TPSA) is 298 Å². The third-order valence-corrected chi connectivity index (χ3v) is 9.48. The van der Waals surface area contributed by atoms with E-state index in [0.29, 0.717) is 30.6 Å². The van der Waals surface area contributed by atoms with Crippen LogP contribution in [0.25, 0.3) is 10.8 Å². The van der Waals surface area contributed by atoms with Crippen LogP contribution in [0.3, 0.4) is 0 Å². The minimum atomic E-state index is -1.45. The van der Waals surface area contributed by atoms with Crippen LogP contribution in [0.5, 0.6) is 0 Å². The Bertz CT molecular complexity index is 2070. The number of amides is 4. The second-order valence-electron chi connectivity index (χ2n) is 14.5. The molecule has 5 atom stereocenters. The van der Waals surface area contributed by atoms with Gasteiger partial charge in [-0.3, -0.25) is 29.3 Å². The van der Waals surface area contributed by atoms with Gasteiger partial charge in [-0.15, -0.1) is 37.2 Å². The van der Waals surface area contributed by atoms with Crippen LogP contribution in [0.4, 0.5) is 11.4 Å². The molecule has 4 amide bonds. The molecule has 0 fully saturated rings. The molecule has 0 unspecified atom stereocenters. The molecule has 0 radical (unpaired) electrons. The van der Waals surface area contributed by atoms with Crippen molar-refractivity contribution in [3.8, 4) is 0 Å². The van der Waals surface area contributed by atoms with Crippen molar-refractivity contribution in [2.45, 2.75) is 89.1 Å². The number of benzene rings is 3. The van der Waals surface area contributed by atoms with Gasteiger partial charge in [0, 0.05) is 30.8 Å². The lowest BCUT2D eigenvalue weighted by atomic mass is 9.96. The Morgan fingerprint density at radius 1 is 0.869 bits per heavy atom. The number of rotatable bonds is 22. The maximum atomic E-state index is 14.3. The van der Waals surface area contributed by atoms with Gasteiger partial charge in [0.1, 0.15) is 23.7 Å². The number of carbonyl (C=O) groups is 5. The van der Waals surface area contributed by atoms with Crippen molar-refractivity contribution in [1.29, 1.82) is 0 Å². The Balaban J connectivity index is 0.00000620. The SMILES string of the molecule is CC(C)C[C@H](NC(=O)[C@H](Cc1c[nH]cn1)NC(=O)[C@H](Cc1cccc2ccccc12)NC(=O)c1cc(N)ccc1[N+](=O)[O-])[C@@H](O)CC(=O)N[C@@H](CCCCN)C(=O)O.Cl.Cl.Cl. The molecule has 334 valence electrons. The number of H-pyrrole nitrogens is 1. The second kappa shape index (κ2) is 25.9. The Kier molecular flexibility index (Phi) is 22.8. The lowest BCUT2D eigenvalue weighted by molar-refractivity contribution is -0.385. The number of halogens is 3. The van der Waals surface area contributed by atoms with E-state index < -0.39 is 76.9 Å². The monoisotopic (exact) mass is 909 g/mol. The number of nitrogens with zero attached hydrogens (tertiary/aromatic N) is 2. The summed E-state index contributed by atoms with van der Waals surface area (Å²) in [6.07, 6.45) is 2.12. The first kappa shape index (κ1) is 53.5. The van der Waals surface area contributed by atoms with E-state index in [1.165, 1.54) is 18.6 Å². The van der Waals surface area contributed by atoms with E-state index in [1.54, 1.807) is 12.1 Å². The number of unbranched alkanes of at least 4 members (excludes halogenated alkanes) is 1. The van der Waals surface area contributed by atoms with Gasteiger partial charge < -0.3 is 47.9 Å². The summed E-state index contributed by atoms with van der Waals surface area (Å²) in [7, 11) is 0. The van der Waals surface area contributed by atoms with Crippen molar-refractivity contribution in [3.05, 3.63) is 100 Å². The summed E-state index contributed by atoms with van der Waals surface area (Å²) in [5.74, 6) is -4.54. The first-order valence-electron chi connectivity index (χ1n) is 19.0. The van der Waals surface area contributed by atoms with Crippen molar-refractivity contribution in [2.24, 2.45) is 11.7 Å². The number of carboxylic acids is 1. The number of anilines is 1. The molecule has 18 nitrogen and oxygen atoms in total. The highest BCUT2D eigenvalue weighted by molar-refractivity contribution is 6.02. The maximum Gasteiger partial charge on any atom is 0.326 e. The van der Waals surface area contributed by atoms with Gasteiger partial charge >= 0.3 is 5.97 Å². The molecule has 61 heavy (non-hydrogen) atoms. The fourth-order valence-corrected chi connectivity index (χ4v) is 6.56. The van der Waals surface area contributed by atoms with Crippen LogP contribution in [0.15, 0.2) is 73.2 Å². The summed E-state index contributed by atoms with van der Waals surface area (Å²) in [5, 5.41) is 44.9. The molecule has 4 rings (SSSR count). The minimum absolute atomic E-state index is 0. The van der Waals surface area contributed by atoms with E-state index >= 15 is 0 Å². The molecule has 0 spiro atoms. The Morgan fingerprint density at radius 3 is 2.18 bits per heavy atom. The van der Waals surface area contributed by atoms with Crippen molar-refractivity contribution in [3.63, 3.8) is 0 Å². The number of hydrogen-bond acceptors (Lipinski definition) is 11. The van der Waals surface area contributed by atoms with Gasteiger partial charge in [0.05, 0.1) is 35.5 Å². The van der Waals surface area contributed by atoms with E-state index in [0.717, 1.165) is 22.9 Å². The van der Waals surface area contributed by atoms with Crippen LogP contribution >= 0.6 is 37.2 Å². The zero-order chi connectivity index (χ0) is 42.4. The fraction of sp³-hybridized carbons (Fsp3) is 0.400. The number of aliphatic carboxylic acids is 1. The number of nitro groups is 1. The predicted octanol–water partition coefficient (Wildman–Crippen LogP) is 3.37. The van der Waals surface area contributed by atoms with Crippen LogP contribution in [0, 0.1) is 16.0 Å². The Labute approximate surface area is 371 Å². The molecule has 0 aliphatic rings. The molecule has 0 bridgehead atoms. The Hall–Kier alpha value is -5.53. The van der Waals surface area contributed by atoms with Gasteiger partial charge in [-0.25, -0.2) is 9.78 Å². The number of aromatic amines is 1. The third-order valence-electron chi connectivity index (χ3n) is 9.48. The van der Waals surface area contributed by atoms with E-state index in [2.05, 4.69) is 31.2 Å². The molecule has 21 heteroatoms. The van der Waals surface area contributed by atoms with Crippen molar-refractivity contribution < 1.29 is 39.1 Å². The van der Waals surface area contributed by atoms with E-state index in [9.17, 15) is 44.3 Å². The highest BCUT2D eigenvalue weighted by Gasteiger charge is 2.33. The Morgan fingerprint density at radius 2 is 1.54 bits per heavy atom. The molecular formula is C40H54Cl3N9O9. The van der Waals surface area contributed by atoms with Crippen LogP contribution in [-0.2, 0) is 32.0 Å². The lowest BCUT2D eigenvalue weighted by Crippen LogP contribution is -2.57. The fourth-order valence-electron chi connectivity index (χ4n) is 6.56. The molecule has 1 heterocycles. The van der Waals surface area contributed by atoms with Gasteiger partial charge in [-0.2, -0.15) is 0 Å². The largest absolute Gasteiger partial charge is 0.480 e. The number of nitrogen functional groups attached to an aromatic ring is 1. The van der Waals surface area contributed by atoms with Crippen molar-refractivity contribution in [2.75, 3.05) is 12.3 Å². The highest BCUT2D eigenvalue weighted by Crippen LogP contribution is 2.23. The molecule has 0 saturated carbocycles. The number of imidazole rings is 1. The number of carboxylic acid groups (broad SMARTS) is 1. The van der Waals surface area contributed by atoms with E-state index in [1.807, 2.05) is 44.2 Å². The zero-order valence-corrected chi connectivity index (χ0v) is 36.0.